The summed E-state index contributed by atoms with van der Waals surface area (Å²) in [6, 6.07) is 7.89. The summed E-state index contributed by atoms with van der Waals surface area (Å²) in [5, 5.41) is 12.5. The van der Waals surface area contributed by atoms with E-state index >= 15 is 0 Å². The van der Waals surface area contributed by atoms with Crippen LogP contribution >= 0.6 is 11.8 Å². The number of hydrogen-bond donors (Lipinski definition) is 0. The van der Waals surface area contributed by atoms with Crippen LogP contribution in [0.1, 0.15) is 40.3 Å². The van der Waals surface area contributed by atoms with E-state index in [1.807, 2.05) is 45.0 Å². The second-order valence-electron chi connectivity index (χ2n) is 7.22. The van der Waals surface area contributed by atoms with Gasteiger partial charge in [-0.15, -0.1) is 5.10 Å². The summed E-state index contributed by atoms with van der Waals surface area (Å²) in [5.41, 5.74) is 4.51. The molecule has 2 heterocycles. The molecule has 0 aliphatic carbocycles. The Bertz CT molecular complexity index is 1040. The molecule has 3 aromatic rings. The molecule has 1 unspecified atom stereocenters. The number of methoxy groups -OCH3 is 2. The molecule has 0 saturated heterocycles. The van der Waals surface area contributed by atoms with Gasteiger partial charge in [0.05, 0.1) is 25.5 Å². The molecule has 0 aliphatic heterocycles. The quantitative estimate of drug-likeness (QED) is 0.380. The maximum absolute atomic E-state index is 13.0. The van der Waals surface area contributed by atoms with E-state index in [-0.39, 0.29) is 17.6 Å². The van der Waals surface area contributed by atoms with Crippen LogP contribution in [0.15, 0.2) is 29.4 Å². The molecule has 0 spiro atoms. The summed E-state index contributed by atoms with van der Waals surface area (Å²) in [4.78, 5) is 13.0. The van der Waals surface area contributed by atoms with Crippen molar-refractivity contribution < 1.29 is 14.3 Å². The van der Waals surface area contributed by atoms with Crippen molar-refractivity contribution in [3.8, 4) is 11.4 Å². The van der Waals surface area contributed by atoms with Crippen LogP contribution in [0.3, 0.4) is 0 Å². The van der Waals surface area contributed by atoms with Crippen LogP contribution in [-0.4, -0.2) is 57.1 Å². The molecule has 0 amide bonds. The van der Waals surface area contributed by atoms with Gasteiger partial charge in [0.1, 0.15) is 11.4 Å². The Balaban J connectivity index is 1.80. The molecule has 8 nitrogen and oxygen atoms in total. The van der Waals surface area contributed by atoms with Crippen molar-refractivity contribution in [3.05, 3.63) is 46.8 Å². The maximum atomic E-state index is 13.0. The SMILES string of the molecule is COCC(C)n1c(C)cc(C(=O)CSc2nnnn2-c2cc(C)ccc2OC)c1C. The number of tetrazole rings is 1. The van der Waals surface area contributed by atoms with Crippen LogP contribution in [0.2, 0.25) is 0 Å². The molecular formula is C21H27N5O3S. The van der Waals surface area contributed by atoms with E-state index in [1.54, 1.807) is 18.9 Å². The van der Waals surface area contributed by atoms with Gasteiger partial charge in [0.15, 0.2) is 5.78 Å². The van der Waals surface area contributed by atoms with Gasteiger partial charge >= 0.3 is 0 Å². The summed E-state index contributed by atoms with van der Waals surface area (Å²) in [6.45, 7) is 8.64. The number of carbonyl (C=O) groups excluding carboxylic acids is 1. The van der Waals surface area contributed by atoms with Crippen molar-refractivity contribution in [3.63, 3.8) is 0 Å². The molecule has 1 atom stereocenters. The second-order valence-corrected chi connectivity index (χ2v) is 8.16. The summed E-state index contributed by atoms with van der Waals surface area (Å²) in [6.07, 6.45) is 0. The molecule has 9 heteroatoms. The number of aromatic nitrogens is 5. The van der Waals surface area contributed by atoms with Crippen LogP contribution in [-0.2, 0) is 4.74 Å². The highest BCUT2D eigenvalue weighted by Crippen LogP contribution is 2.28. The van der Waals surface area contributed by atoms with E-state index in [1.165, 1.54) is 11.8 Å². The molecule has 160 valence electrons. The molecule has 0 fully saturated rings. The number of thioether (sulfide) groups is 1. The molecule has 1 aromatic carbocycles. The average molecular weight is 430 g/mol. The highest BCUT2D eigenvalue weighted by atomic mass is 32.2. The number of ketones is 1. The Labute approximate surface area is 180 Å². The first kappa shape index (κ1) is 22.0. The maximum Gasteiger partial charge on any atom is 0.214 e. The summed E-state index contributed by atoms with van der Waals surface area (Å²) in [7, 11) is 3.29. The number of hydrogen-bond acceptors (Lipinski definition) is 7. The minimum atomic E-state index is 0.0368. The number of benzene rings is 1. The third kappa shape index (κ3) is 4.41. The van der Waals surface area contributed by atoms with Gasteiger partial charge in [0.25, 0.3) is 0 Å². The van der Waals surface area contributed by atoms with Crippen molar-refractivity contribution in [1.29, 1.82) is 0 Å². The van der Waals surface area contributed by atoms with Gasteiger partial charge in [0, 0.05) is 24.1 Å². The van der Waals surface area contributed by atoms with Crippen molar-refractivity contribution in [2.24, 2.45) is 0 Å². The number of rotatable bonds is 9. The van der Waals surface area contributed by atoms with Gasteiger partial charge in [-0.3, -0.25) is 4.79 Å². The van der Waals surface area contributed by atoms with Gasteiger partial charge in [-0.1, -0.05) is 17.8 Å². The average Bonchev–Trinajstić information content (AvgIpc) is 3.30. The Hall–Kier alpha value is -2.65. The van der Waals surface area contributed by atoms with Crippen LogP contribution in [0.25, 0.3) is 5.69 Å². The zero-order valence-corrected chi connectivity index (χ0v) is 19.0. The molecule has 0 bridgehead atoms. The topological polar surface area (TPSA) is 84.1 Å². The Morgan fingerprint density at radius 1 is 1.20 bits per heavy atom. The lowest BCUT2D eigenvalue weighted by Gasteiger charge is -2.17. The van der Waals surface area contributed by atoms with E-state index in [0.717, 1.165) is 28.2 Å². The standard InChI is InChI=1S/C21H27N5O3S/c1-13-7-8-20(29-6)18(9-13)26-21(22-23-24-26)30-12-19(27)17-10-14(2)25(16(17)4)15(3)11-28-5/h7-10,15H,11-12H2,1-6H3. The normalized spacial score (nSPS) is 12.2. The fraction of sp³-hybridized carbons (Fsp3) is 0.429. The van der Waals surface area contributed by atoms with Crippen LogP contribution < -0.4 is 4.74 Å². The van der Waals surface area contributed by atoms with Gasteiger partial charge in [-0.05, 0) is 61.9 Å². The lowest BCUT2D eigenvalue weighted by atomic mass is 10.2. The Kier molecular flexibility index (Phi) is 6.94. The zero-order valence-electron chi connectivity index (χ0n) is 18.2. The van der Waals surface area contributed by atoms with Gasteiger partial charge in [-0.25, -0.2) is 0 Å². The molecule has 30 heavy (non-hydrogen) atoms. The van der Waals surface area contributed by atoms with E-state index in [9.17, 15) is 4.79 Å². The molecule has 3 rings (SSSR count). The van der Waals surface area contributed by atoms with Gasteiger partial charge in [-0.2, -0.15) is 4.68 Å². The predicted octanol–water partition coefficient (Wildman–Crippen LogP) is 3.58. The number of nitrogens with zero attached hydrogens (tertiary/aromatic N) is 5. The molecular weight excluding hydrogens is 402 g/mol. The zero-order chi connectivity index (χ0) is 21.8. The van der Waals surface area contributed by atoms with E-state index in [0.29, 0.717) is 17.5 Å². The minimum Gasteiger partial charge on any atom is -0.494 e. The number of Topliss-reactive ketones (excluding diaryl/α,β-unsaturated/α-hetero) is 1. The van der Waals surface area contributed by atoms with Crippen molar-refractivity contribution in [2.45, 2.75) is 38.9 Å². The van der Waals surface area contributed by atoms with Crippen molar-refractivity contribution in [1.82, 2.24) is 24.8 Å². The third-order valence-electron chi connectivity index (χ3n) is 4.97. The largest absolute Gasteiger partial charge is 0.494 e. The molecule has 0 saturated carbocycles. The first-order valence-corrected chi connectivity index (χ1v) is 10.6. The van der Waals surface area contributed by atoms with Crippen LogP contribution in [0, 0.1) is 20.8 Å². The van der Waals surface area contributed by atoms with Gasteiger partial charge < -0.3 is 14.0 Å². The lowest BCUT2D eigenvalue weighted by Crippen LogP contribution is -2.15. The van der Waals surface area contributed by atoms with Crippen LogP contribution in [0.4, 0.5) is 0 Å². The number of carbonyl (C=O) groups is 1. The van der Waals surface area contributed by atoms with Gasteiger partial charge in [0.2, 0.25) is 5.16 Å². The van der Waals surface area contributed by atoms with Crippen LogP contribution in [0.5, 0.6) is 5.75 Å². The minimum absolute atomic E-state index is 0.0368. The number of ether oxygens (including phenoxy) is 2. The Morgan fingerprint density at radius 3 is 2.67 bits per heavy atom. The number of aryl methyl sites for hydroxylation is 2. The Morgan fingerprint density at radius 2 is 1.97 bits per heavy atom. The van der Waals surface area contributed by atoms with E-state index < -0.39 is 0 Å². The van der Waals surface area contributed by atoms with E-state index in [2.05, 4.69) is 27.0 Å². The fourth-order valence-corrected chi connectivity index (χ4v) is 4.41. The smallest absolute Gasteiger partial charge is 0.214 e. The highest BCUT2D eigenvalue weighted by Gasteiger charge is 2.21. The van der Waals surface area contributed by atoms with E-state index in [4.69, 9.17) is 9.47 Å². The monoisotopic (exact) mass is 429 g/mol. The summed E-state index contributed by atoms with van der Waals surface area (Å²) < 4.78 is 14.5. The third-order valence-corrected chi connectivity index (χ3v) is 5.89. The fourth-order valence-electron chi connectivity index (χ4n) is 3.65. The molecule has 0 radical (unpaired) electrons. The molecule has 0 aliphatic rings. The van der Waals surface area contributed by atoms with Crippen molar-refractivity contribution >= 4 is 17.5 Å². The predicted molar refractivity (Wildman–Crippen MR) is 116 cm³/mol. The molecule has 2 aromatic heterocycles. The second kappa shape index (κ2) is 9.44. The summed E-state index contributed by atoms with van der Waals surface area (Å²) in [5.74, 6) is 0.934. The summed E-state index contributed by atoms with van der Waals surface area (Å²) >= 11 is 1.31. The first-order chi connectivity index (χ1) is 14.4. The first-order valence-electron chi connectivity index (χ1n) is 9.64. The molecule has 0 N–H and O–H groups in total. The highest BCUT2D eigenvalue weighted by molar-refractivity contribution is 7.99. The van der Waals surface area contributed by atoms with Crippen molar-refractivity contribution in [2.75, 3.05) is 26.6 Å². The lowest BCUT2D eigenvalue weighted by molar-refractivity contribution is 0.102.